The number of hydrogen-bond acceptors (Lipinski definition) is 5. The van der Waals surface area contributed by atoms with Gasteiger partial charge in [-0.2, -0.15) is 0 Å². The van der Waals surface area contributed by atoms with Crippen LogP contribution >= 0.6 is 0 Å². The van der Waals surface area contributed by atoms with Gasteiger partial charge >= 0.3 is 5.97 Å². The van der Waals surface area contributed by atoms with Crippen molar-refractivity contribution in [1.29, 1.82) is 0 Å². The van der Waals surface area contributed by atoms with Crippen LogP contribution in [0.3, 0.4) is 0 Å². The molecule has 22 heavy (non-hydrogen) atoms. The first-order chi connectivity index (χ1) is 10.3. The van der Waals surface area contributed by atoms with Gasteiger partial charge in [0, 0.05) is 38.3 Å². The molecule has 7 heteroatoms. The molecule has 0 aromatic rings. The van der Waals surface area contributed by atoms with Crippen molar-refractivity contribution in [3.05, 3.63) is 0 Å². The first-order valence-corrected chi connectivity index (χ1v) is 7.92. The number of aliphatic carboxylic acids is 1. The minimum absolute atomic E-state index is 0.00292. The Bertz CT molecular complexity index is 419. The van der Waals surface area contributed by atoms with Crippen LogP contribution in [-0.2, 0) is 9.59 Å². The number of aliphatic hydroxyl groups is 1. The molecule has 7 nitrogen and oxygen atoms in total. The van der Waals surface area contributed by atoms with Crippen molar-refractivity contribution < 1.29 is 19.8 Å². The zero-order chi connectivity index (χ0) is 16.3. The van der Waals surface area contributed by atoms with E-state index in [1.165, 1.54) is 0 Å². The van der Waals surface area contributed by atoms with Gasteiger partial charge in [-0.15, -0.1) is 0 Å². The fraction of sp³-hybridized carbons (Fsp3) is 0.867. The lowest BCUT2D eigenvalue weighted by Crippen LogP contribution is -2.52. The standard InChI is InChI=1S/C15H27N3O4/c1-15(2,11-19)18-4-3-12(9-18)14(22)17-7-5-16(6-8-17)10-13(20)21/h12,19H,3-11H2,1-2H3,(H,20,21). The van der Waals surface area contributed by atoms with Gasteiger partial charge in [0.2, 0.25) is 5.91 Å². The number of hydrogen-bond donors (Lipinski definition) is 2. The monoisotopic (exact) mass is 313 g/mol. The highest BCUT2D eigenvalue weighted by atomic mass is 16.4. The van der Waals surface area contributed by atoms with Gasteiger partial charge in [-0.3, -0.25) is 19.4 Å². The van der Waals surface area contributed by atoms with Crippen molar-refractivity contribution in [3.63, 3.8) is 0 Å². The predicted octanol–water partition coefficient (Wildman–Crippen LogP) is -0.692. The summed E-state index contributed by atoms with van der Waals surface area (Å²) in [5.74, 6) is -0.652. The van der Waals surface area contributed by atoms with Crippen LogP contribution in [0.5, 0.6) is 0 Å². The molecule has 2 fully saturated rings. The van der Waals surface area contributed by atoms with Crippen LogP contribution in [0.15, 0.2) is 0 Å². The number of carboxylic acid groups (broad SMARTS) is 1. The van der Waals surface area contributed by atoms with Crippen molar-refractivity contribution in [1.82, 2.24) is 14.7 Å². The zero-order valence-electron chi connectivity index (χ0n) is 13.5. The Morgan fingerprint density at radius 1 is 1.14 bits per heavy atom. The van der Waals surface area contributed by atoms with E-state index in [0.29, 0.717) is 32.7 Å². The summed E-state index contributed by atoms with van der Waals surface area (Å²) in [5, 5.41) is 18.2. The molecular formula is C15H27N3O4. The lowest BCUT2D eigenvalue weighted by molar-refractivity contribution is -0.140. The lowest BCUT2D eigenvalue weighted by atomic mass is 10.0. The van der Waals surface area contributed by atoms with Crippen LogP contribution in [0.1, 0.15) is 20.3 Å². The summed E-state index contributed by atoms with van der Waals surface area (Å²) in [6.07, 6.45) is 0.831. The molecule has 0 spiro atoms. The summed E-state index contributed by atoms with van der Waals surface area (Å²) < 4.78 is 0. The van der Waals surface area contributed by atoms with Gasteiger partial charge < -0.3 is 15.1 Å². The first-order valence-electron chi connectivity index (χ1n) is 7.92. The van der Waals surface area contributed by atoms with Gasteiger partial charge in [-0.25, -0.2) is 0 Å². The molecule has 2 saturated heterocycles. The number of aliphatic hydroxyl groups excluding tert-OH is 1. The van der Waals surface area contributed by atoms with Crippen LogP contribution in [-0.4, -0.2) is 94.7 Å². The predicted molar refractivity (Wildman–Crippen MR) is 81.5 cm³/mol. The molecule has 126 valence electrons. The number of piperazine rings is 1. The van der Waals surface area contributed by atoms with Gasteiger partial charge in [0.05, 0.1) is 19.1 Å². The molecular weight excluding hydrogens is 286 g/mol. The Hall–Kier alpha value is -1.18. The Morgan fingerprint density at radius 3 is 2.32 bits per heavy atom. The van der Waals surface area contributed by atoms with Crippen molar-refractivity contribution in [2.75, 3.05) is 52.4 Å². The van der Waals surface area contributed by atoms with E-state index in [-0.39, 0.29) is 30.5 Å². The number of amides is 1. The molecule has 2 rings (SSSR count). The molecule has 0 aromatic heterocycles. The van der Waals surface area contributed by atoms with Crippen LogP contribution in [0, 0.1) is 5.92 Å². The van der Waals surface area contributed by atoms with Crippen molar-refractivity contribution in [2.45, 2.75) is 25.8 Å². The van der Waals surface area contributed by atoms with Gasteiger partial charge in [0.15, 0.2) is 0 Å². The molecule has 2 aliphatic heterocycles. The van der Waals surface area contributed by atoms with Crippen LogP contribution in [0.2, 0.25) is 0 Å². The SMILES string of the molecule is CC(C)(CO)N1CCC(C(=O)N2CCN(CC(=O)O)CC2)C1. The summed E-state index contributed by atoms with van der Waals surface area (Å²) in [5.41, 5.74) is -0.283. The molecule has 1 atom stereocenters. The topological polar surface area (TPSA) is 84.3 Å². The van der Waals surface area contributed by atoms with E-state index in [1.807, 2.05) is 23.6 Å². The highest BCUT2D eigenvalue weighted by Crippen LogP contribution is 2.26. The van der Waals surface area contributed by atoms with Crippen molar-refractivity contribution in [3.8, 4) is 0 Å². The molecule has 0 aliphatic carbocycles. The molecule has 1 unspecified atom stereocenters. The molecule has 0 aromatic carbocycles. The van der Waals surface area contributed by atoms with Crippen molar-refractivity contribution in [2.24, 2.45) is 5.92 Å². The third-order valence-electron chi connectivity index (χ3n) is 4.82. The molecule has 2 N–H and O–H groups in total. The second-order valence-corrected chi connectivity index (χ2v) is 6.90. The van der Waals surface area contributed by atoms with Crippen LogP contribution in [0.25, 0.3) is 0 Å². The smallest absolute Gasteiger partial charge is 0.317 e. The maximum absolute atomic E-state index is 12.6. The Morgan fingerprint density at radius 2 is 1.77 bits per heavy atom. The maximum atomic E-state index is 12.6. The second-order valence-electron chi connectivity index (χ2n) is 6.90. The van der Waals surface area contributed by atoms with E-state index in [4.69, 9.17) is 5.11 Å². The number of carbonyl (C=O) groups is 2. The largest absolute Gasteiger partial charge is 0.480 e. The van der Waals surface area contributed by atoms with E-state index in [2.05, 4.69) is 4.90 Å². The number of likely N-dealkylation sites (tertiary alicyclic amines) is 1. The summed E-state index contributed by atoms with van der Waals surface area (Å²) in [6.45, 7) is 8.09. The number of nitrogens with zero attached hydrogens (tertiary/aromatic N) is 3. The third-order valence-corrected chi connectivity index (χ3v) is 4.82. The Balaban J connectivity index is 1.83. The Kier molecular flexibility index (Phi) is 5.41. The Labute approximate surface area is 131 Å². The van der Waals surface area contributed by atoms with E-state index in [1.54, 1.807) is 0 Å². The molecule has 2 heterocycles. The minimum Gasteiger partial charge on any atom is -0.480 e. The maximum Gasteiger partial charge on any atom is 0.317 e. The number of carboxylic acids is 1. The third kappa shape index (κ3) is 3.97. The fourth-order valence-corrected chi connectivity index (χ4v) is 3.19. The summed E-state index contributed by atoms with van der Waals surface area (Å²) >= 11 is 0. The highest BCUT2D eigenvalue weighted by Gasteiger charge is 2.38. The lowest BCUT2D eigenvalue weighted by Gasteiger charge is -2.36. The normalized spacial score (nSPS) is 24.7. The fourth-order valence-electron chi connectivity index (χ4n) is 3.19. The van der Waals surface area contributed by atoms with Gasteiger partial charge in [-0.1, -0.05) is 0 Å². The quantitative estimate of drug-likeness (QED) is 0.699. The van der Waals surface area contributed by atoms with Crippen LogP contribution in [0.4, 0.5) is 0 Å². The van der Waals surface area contributed by atoms with Gasteiger partial charge in [0.25, 0.3) is 0 Å². The first kappa shape index (κ1) is 17.2. The molecule has 0 radical (unpaired) electrons. The van der Waals surface area contributed by atoms with Crippen LogP contribution < -0.4 is 0 Å². The average Bonchev–Trinajstić information content (AvgIpc) is 2.97. The van der Waals surface area contributed by atoms with Crippen molar-refractivity contribution >= 4 is 11.9 Å². The van der Waals surface area contributed by atoms with E-state index in [9.17, 15) is 14.7 Å². The summed E-state index contributed by atoms with van der Waals surface area (Å²) in [4.78, 5) is 29.2. The number of rotatable bonds is 5. The van der Waals surface area contributed by atoms with Gasteiger partial charge in [0.1, 0.15) is 0 Å². The highest BCUT2D eigenvalue weighted by molar-refractivity contribution is 5.79. The average molecular weight is 313 g/mol. The molecule has 2 aliphatic rings. The van der Waals surface area contributed by atoms with Gasteiger partial charge in [-0.05, 0) is 26.8 Å². The molecule has 1 amide bonds. The second kappa shape index (κ2) is 6.93. The minimum atomic E-state index is -0.822. The van der Waals surface area contributed by atoms with E-state index >= 15 is 0 Å². The zero-order valence-corrected chi connectivity index (χ0v) is 13.5. The molecule has 0 saturated carbocycles. The van der Waals surface area contributed by atoms with E-state index < -0.39 is 5.97 Å². The summed E-state index contributed by atoms with van der Waals surface area (Å²) in [7, 11) is 0. The summed E-state index contributed by atoms with van der Waals surface area (Å²) in [6, 6.07) is 0. The number of carbonyl (C=O) groups excluding carboxylic acids is 1. The van der Waals surface area contributed by atoms with E-state index in [0.717, 1.165) is 13.0 Å². The molecule has 0 bridgehead atoms.